The quantitative estimate of drug-likeness (QED) is 0.173. The largest absolute Gasteiger partial charge is 0.0990 e. The van der Waals surface area contributed by atoms with E-state index in [2.05, 4.69) is 148 Å². The van der Waals surface area contributed by atoms with Crippen molar-refractivity contribution in [2.45, 2.75) is 20.3 Å². The molecule has 0 atom stereocenters. The van der Waals surface area contributed by atoms with Gasteiger partial charge in [0.15, 0.2) is 0 Å². The van der Waals surface area contributed by atoms with E-state index < -0.39 is 0 Å². The molecule has 0 N–H and O–H groups in total. The fourth-order valence-electron chi connectivity index (χ4n) is 6.44. The van der Waals surface area contributed by atoms with Gasteiger partial charge in [0.1, 0.15) is 0 Å². The molecule has 0 nitrogen and oxygen atoms in total. The molecule has 0 spiro atoms. The van der Waals surface area contributed by atoms with E-state index in [0.29, 0.717) is 0 Å². The van der Waals surface area contributed by atoms with Crippen LogP contribution in [0.25, 0.3) is 66.4 Å². The second kappa shape index (κ2) is 11.3. The Kier molecular flexibility index (Phi) is 7.23. The summed E-state index contributed by atoms with van der Waals surface area (Å²) in [5.41, 5.74) is 14.7. The molecule has 0 amide bonds. The lowest BCUT2D eigenvalue weighted by Crippen LogP contribution is -2.03. The van der Waals surface area contributed by atoms with Crippen LogP contribution in [-0.4, -0.2) is 0 Å². The van der Waals surface area contributed by atoms with Gasteiger partial charge in [-0.2, -0.15) is 0 Å². The average molecular weight is 527 g/mol. The van der Waals surface area contributed by atoms with Gasteiger partial charge in [0.2, 0.25) is 0 Å². The maximum atomic E-state index is 4.30. The van der Waals surface area contributed by atoms with Gasteiger partial charge < -0.3 is 0 Å². The molecular formula is C41H34. The predicted molar refractivity (Wildman–Crippen MR) is 181 cm³/mol. The molecule has 5 aromatic carbocycles. The van der Waals surface area contributed by atoms with Crippen LogP contribution in [0.4, 0.5) is 0 Å². The maximum Gasteiger partial charge on any atom is -0.000719 e. The van der Waals surface area contributed by atoms with Crippen LogP contribution in [0.5, 0.6) is 0 Å². The number of fused-ring (bicyclic) bond motifs is 3. The summed E-state index contributed by atoms with van der Waals surface area (Å²) >= 11 is 0. The monoisotopic (exact) mass is 526 g/mol. The standard InChI is InChI=1S/C41H34/c1-5-17-28(8-4)36-37(29(18-6-2)19-7-3)39(32-22-13-10-14-23-32)41-34-27-16-25-30-24-15-26-33(35(30)34)40(41)38(36)31-20-11-9-12-21-31/h5-6,8-27H,1,4,7H2,2-3H3/b18-6-,28-17+,29-19+. The Morgan fingerprint density at radius 3 is 1.63 bits per heavy atom. The van der Waals surface area contributed by atoms with Crippen molar-refractivity contribution >= 4 is 21.9 Å². The zero-order valence-electron chi connectivity index (χ0n) is 23.8. The summed E-state index contributed by atoms with van der Waals surface area (Å²) in [5.74, 6) is 0. The van der Waals surface area contributed by atoms with Gasteiger partial charge in [-0.05, 0) is 90.9 Å². The van der Waals surface area contributed by atoms with Crippen molar-refractivity contribution < 1.29 is 0 Å². The normalized spacial score (nSPS) is 12.6. The Morgan fingerprint density at radius 1 is 0.634 bits per heavy atom. The summed E-state index contributed by atoms with van der Waals surface area (Å²) < 4.78 is 0. The first-order chi connectivity index (χ1) is 20.2. The van der Waals surface area contributed by atoms with Crippen LogP contribution in [0.15, 0.2) is 147 Å². The molecule has 5 aromatic rings. The first-order valence-corrected chi connectivity index (χ1v) is 14.4. The van der Waals surface area contributed by atoms with E-state index in [0.717, 1.165) is 12.0 Å². The average Bonchev–Trinajstić information content (AvgIpc) is 3.35. The van der Waals surface area contributed by atoms with Gasteiger partial charge in [-0.3, -0.25) is 0 Å². The second-order valence-electron chi connectivity index (χ2n) is 10.3. The highest BCUT2D eigenvalue weighted by molar-refractivity contribution is 6.24. The minimum atomic E-state index is 0.926. The van der Waals surface area contributed by atoms with Crippen molar-refractivity contribution in [3.8, 4) is 44.5 Å². The molecule has 0 saturated heterocycles. The third-order valence-electron chi connectivity index (χ3n) is 7.93. The highest BCUT2D eigenvalue weighted by Crippen LogP contribution is 2.59. The van der Waals surface area contributed by atoms with Crippen molar-refractivity contribution in [2.75, 3.05) is 0 Å². The lowest BCUT2D eigenvalue weighted by atomic mass is 9.76. The van der Waals surface area contributed by atoms with Gasteiger partial charge in [-0.25, -0.2) is 0 Å². The zero-order chi connectivity index (χ0) is 28.3. The summed E-state index contributed by atoms with van der Waals surface area (Å²) in [5, 5.41) is 2.59. The summed E-state index contributed by atoms with van der Waals surface area (Å²) in [6.07, 6.45) is 13.6. The third-order valence-corrected chi connectivity index (χ3v) is 7.93. The van der Waals surface area contributed by atoms with Crippen LogP contribution in [0.3, 0.4) is 0 Å². The predicted octanol–water partition coefficient (Wildman–Crippen LogP) is 11.9. The van der Waals surface area contributed by atoms with Crippen molar-refractivity contribution in [3.63, 3.8) is 0 Å². The van der Waals surface area contributed by atoms with Gasteiger partial charge in [0, 0.05) is 0 Å². The molecule has 1 aliphatic carbocycles. The number of allylic oxidation sites excluding steroid dienone is 8. The Labute approximate surface area is 244 Å². The molecule has 0 aromatic heterocycles. The molecule has 1 aliphatic rings. The first kappa shape index (κ1) is 26.3. The second-order valence-corrected chi connectivity index (χ2v) is 10.3. The van der Waals surface area contributed by atoms with Crippen LogP contribution in [0.2, 0.25) is 0 Å². The molecule has 6 rings (SSSR count). The third kappa shape index (κ3) is 4.33. The van der Waals surface area contributed by atoms with Crippen molar-refractivity contribution in [1.82, 2.24) is 0 Å². The number of rotatable bonds is 8. The Morgan fingerprint density at radius 2 is 1.17 bits per heavy atom. The Bertz CT molecular complexity index is 1870. The smallest absolute Gasteiger partial charge is 0.000719 e. The van der Waals surface area contributed by atoms with Gasteiger partial charge in [0.05, 0.1) is 0 Å². The summed E-state index contributed by atoms with van der Waals surface area (Å²) in [6.45, 7) is 12.7. The molecule has 0 heterocycles. The van der Waals surface area contributed by atoms with Gasteiger partial charge in [0.25, 0.3) is 0 Å². The number of hydrogen-bond donors (Lipinski definition) is 0. The van der Waals surface area contributed by atoms with Gasteiger partial charge >= 0.3 is 0 Å². The van der Waals surface area contributed by atoms with Crippen molar-refractivity contribution in [1.29, 1.82) is 0 Å². The molecule has 0 aliphatic heterocycles. The van der Waals surface area contributed by atoms with E-state index in [1.165, 1.54) is 72.0 Å². The topological polar surface area (TPSA) is 0 Å². The van der Waals surface area contributed by atoms with Crippen LogP contribution >= 0.6 is 0 Å². The van der Waals surface area contributed by atoms with Crippen molar-refractivity contribution in [2.24, 2.45) is 0 Å². The van der Waals surface area contributed by atoms with Crippen LogP contribution in [-0.2, 0) is 0 Å². The summed E-state index contributed by atoms with van der Waals surface area (Å²) in [6, 6.07) is 35.2. The first-order valence-electron chi connectivity index (χ1n) is 14.4. The molecule has 0 fully saturated rings. The maximum absolute atomic E-state index is 4.30. The van der Waals surface area contributed by atoms with Crippen LogP contribution in [0.1, 0.15) is 31.4 Å². The molecule has 0 unspecified atom stereocenters. The fraction of sp³-hybridized carbons (Fsp3) is 0.0732. The fourth-order valence-corrected chi connectivity index (χ4v) is 6.44. The Balaban J connectivity index is 1.98. The summed E-state index contributed by atoms with van der Waals surface area (Å²) in [7, 11) is 0. The molecule has 41 heavy (non-hydrogen) atoms. The SMILES string of the molecule is C=C/C=C(\C=C)c1c(C(/C=C\C)=C/CC)c(-c2ccccc2)c2c(c1-c1ccccc1)-c1cccc3cccc-2c13. The van der Waals surface area contributed by atoms with Crippen LogP contribution in [0, 0.1) is 0 Å². The molecule has 0 radical (unpaired) electrons. The molecule has 0 bridgehead atoms. The minimum absolute atomic E-state index is 0.926. The van der Waals surface area contributed by atoms with E-state index in [9.17, 15) is 0 Å². The lowest BCUT2D eigenvalue weighted by Gasteiger charge is -2.27. The van der Waals surface area contributed by atoms with Crippen LogP contribution < -0.4 is 0 Å². The molecule has 0 heteroatoms. The van der Waals surface area contributed by atoms with Crippen molar-refractivity contribution in [3.05, 3.63) is 158 Å². The lowest BCUT2D eigenvalue weighted by molar-refractivity contribution is 1.23. The highest BCUT2D eigenvalue weighted by atomic mass is 14.4. The molecule has 0 saturated carbocycles. The number of hydrogen-bond acceptors (Lipinski definition) is 0. The summed E-state index contributed by atoms with van der Waals surface area (Å²) in [4.78, 5) is 0. The molecular weight excluding hydrogens is 492 g/mol. The van der Waals surface area contributed by atoms with E-state index in [4.69, 9.17) is 0 Å². The van der Waals surface area contributed by atoms with E-state index in [1.807, 2.05) is 12.2 Å². The minimum Gasteiger partial charge on any atom is -0.0990 e. The van der Waals surface area contributed by atoms with E-state index in [-0.39, 0.29) is 0 Å². The zero-order valence-corrected chi connectivity index (χ0v) is 23.8. The number of benzene rings is 5. The highest BCUT2D eigenvalue weighted by Gasteiger charge is 2.33. The van der Waals surface area contributed by atoms with Gasteiger partial charge in [-0.15, -0.1) is 0 Å². The Hall–Kier alpha value is -4.94. The molecule has 198 valence electrons. The van der Waals surface area contributed by atoms with Gasteiger partial charge in [-0.1, -0.05) is 154 Å². The van der Waals surface area contributed by atoms with E-state index in [1.54, 1.807) is 0 Å². The van der Waals surface area contributed by atoms with E-state index >= 15 is 0 Å².